The van der Waals surface area contributed by atoms with Crippen LogP contribution in [0.2, 0.25) is 0 Å². The minimum Gasteiger partial charge on any atom is -0.394 e. The average Bonchev–Trinajstić information content (AvgIpc) is 1.96. The highest BCUT2D eigenvalue weighted by molar-refractivity contribution is 4.64. The summed E-state index contributed by atoms with van der Waals surface area (Å²) in [4.78, 5) is 0. The van der Waals surface area contributed by atoms with Crippen molar-refractivity contribution in [2.24, 2.45) is 5.41 Å². The van der Waals surface area contributed by atoms with Crippen molar-refractivity contribution in [2.45, 2.75) is 33.3 Å². The van der Waals surface area contributed by atoms with Crippen LogP contribution in [0.15, 0.2) is 0 Å². The topological polar surface area (TPSA) is 52.5 Å². The van der Waals surface area contributed by atoms with Crippen LogP contribution in [0.4, 0.5) is 0 Å². The van der Waals surface area contributed by atoms with Crippen molar-refractivity contribution in [1.82, 2.24) is 5.32 Å². The number of aliphatic hydroxyl groups is 2. The first-order valence-corrected chi connectivity index (χ1v) is 4.45. The zero-order valence-electron chi connectivity index (χ0n) is 8.30. The molecule has 0 bridgehead atoms. The van der Waals surface area contributed by atoms with Gasteiger partial charge in [0.25, 0.3) is 0 Å². The van der Waals surface area contributed by atoms with Crippen LogP contribution in [0.3, 0.4) is 0 Å². The van der Waals surface area contributed by atoms with E-state index in [0.29, 0.717) is 12.0 Å². The molecular formula is C9H21NO2. The Labute approximate surface area is 74.8 Å². The fourth-order valence-corrected chi connectivity index (χ4v) is 0.797. The van der Waals surface area contributed by atoms with Gasteiger partial charge in [0.2, 0.25) is 0 Å². The number of nitrogens with one attached hydrogen (secondary N) is 1. The molecule has 0 amide bonds. The summed E-state index contributed by atoms with van der Waals surface area (Å²) in [7, 11) is 0. The Morgan fingerprint density at radius 3 is 2.33 bits per heavy atom. The van der Waals surface area contributed by atoms with Crippen molar-refractivity contribution in [3.05, 3.63) is 0 Å². The SMILES string of the molecule is CC(C)(C)CCNCC(O)CO. The quantitative estimate of drug-likeness (QED) is 0.529. The van der Waals surface area contributed by atoms with E-state index in [0.717, 1.165) is 13.0 Å². The van der Waals surface area contributed by atoms with E-state index >= 15 is 0 Å². The molecule has 0 aromatic carbocycles. The van der Waals surface area contributed by atoms with Gasteiger partial charge in [-0.25, -0.2) is 0 Å². The Kier molecular flexibility index (Phi) is 5.46. The van der Waals surface area contributed by atoms with Crippen LogP contribution >= 0.6 is 0 Å². The molecule has 12 heavy (non-hydrogen) atoms. The summed E-state index contributed by atoms with van der Waals surface area (Å²) in [6, 6.07) is 0. The lowest BCUT2D eigenvalue weighted by Crippen LogP contribution is -2.31. The molecule has 0 fully saturated rings. The lowest BCUT2D eigenvalue weighted by Gasteiger charge is -2.18. The van der Waals surface area contributed by atoms with E-state index in [9.17, 15) is 0 Å². The Balaban J connectivity index is 3.22. The van der Waals surface area contributed by atoms with Crippen molar-refractivity contribution in [3.8, 4) is 0 Å². The first kappa shape index (κ1) is 11.9. The first-order chi connectivity index (χ1) is 5.45. The average molecular weight is 175 g/mol. The Hall–Kier alpha value is -0.120. The van der Waals surface area contributed by atoms with Crippen LogP contribution in [-0.2, 0) is 0 Å². The molecule has 0 radical (unpaired) electrons. The highest BCUT2D eigenvalue weighted by Crippen LogP contribution is 2.16. The van der Waals surface area contributed by atoms with Crippen molar-refractivity contribution in [1.29, 1.82) is 0 Å². The van der Waals surface area contributed by atoms with E-state index in [-0.39, 0.29) is 6.61 Å². The van der Waals surface area contributed by atoms with Gasteiger partial charge in [-0.2, -0.15) is 0 Å². The predicted molar refractivity (Wildman–Crippen MR) is 50.0 cm³/mol. The summed E-state index contributed by atoms with van der Waals surface area (Å²) >= 11 is 0. The van der Waals surface area contributed by atoms with E-state index in [2.05, 4.69) is 26.1 Å². The van der Waals surface area contributed by atoms with Gasteiger partial charge in [-0.3, -0.25) is 0 Å². The molecule has 3 N–H and O–H groups in total. The molecule has 1 unspecified atom stereocenters. The molecule has 0 aliphatic rings. The van der Waals surface area contributed by atoms with Crippen molar-refractivity contribution in [3.63, 3.8) is 0 Å². The second-order valence-electron chi connectivity index (χ2n) is 4.35. The minimum atomic E-state index is -0.620. The molecule has 3 heteroatoms. The lowest BCUT2D eigenvalue weighted by atomic mass is 9.92. The molecule has 74 valence electrons. The molecule has 0 aromatic rings. The van der Waals surface area contributed by atoms with Crippen LogP contribution in [0.25, 0.3) is 0 Å². The molecule has 0 heterocycles. The van der Waals surface area contributed by atoms with Gasteiger partial charge in [0, 0.05) is 6.54 Å². The van der Waals surface area contributed by atoms with Gasteiger partial charge in [0.15, 0.2) is 0 Å². The van der Waals surface area contributed by atoms with E-state index < -0.39 is 6.10 Å². The monoisotopic (exact) mass is 175 g/mol. The van der Waals surface area contributed by atoms with E-state index in [4.69, 9.17) is 10.2 Å². The second-order valence-corrected chi connectivity index (χ2v) is 4.35. The number of hydrogen-bond acceptors (Lipinski definition) is 3. The van der Waals surface area contributed by atoms with Gasteiger partial charge in [0.05, 0.1) is 12.7 Å². The number of hydrogen-bond donors (Lipinski definition) is 3. The van der Waals surface area contributed by atoms with Crippen LogP contribution < -0.4 is 5.32 Å². The Morgan fingerprint density at radius 2 is 1.92 bits per heavy atom. The van der Waals surface area contributed by atoms with Crippen LogP contribution in [0.5, 0.6) is 0 Å². The van der Waals surface area contributed by atoms with Gasteiger partial charge >= 0.3 is 0 Å². The minimum absolute atomic E-state index is 0.164. The van der Waals surface area contributed by atoms with E-state index in [1.165, 1.54) is 0 Å². The van der Waals surface area contributed by atoms with Gasteiger partial charge in [-0.15, -0.1) is 0 Å². The van der Waals surface area contributed by atoms with Crippen LogP contribution in [-0.4, -0.2) is 36.0 Å². The third-order valence-electron chi connectivity index (χ3n) is 1.64. The van der Waals surface area contributed by atoms with E-state index in [1.54, 1.807) is 0 Å². The van der Waals surface area contributed by atoms with Crippen molar-refractivity contribution < 1.29 is 10.2 Å². The molecule has 0 spiro atoms. The zero-order valence-corrected chi connectivity index (χ0v) is 8.30. The van der Waals surface area contributed by atoms with Gasteiger partial charge in [-0.1, -0.05) is 20.8 Å². The van der Waals surface area contributed by atoms with Crippen molar-refractivity contribution >= 4 is 0 Å². The largest absolute Gasteiger partial charge is 0.394 e. The molecule has 0 saturated carbocycles. The molecule has 0 aliphatic carbocycles. The zero-order chi connectivity index (χ0) is 9.61. The highest BCUT2D eigenvalue weighted by atomic mass is 16.3. The number of rotatable bonds is 5. The summed E-state index contributed by atoms with van der Waals surface area (Å²) in [6.45, 7) is 7.74. The number of aliphatic hydroxyl groups excluding tert-OH is 2. The summed E-state index contributed by atoms with van der Waals surface area (Å²) in [6.07, 6.45) is 0.454. The maximum Gasteiger partial charge on any atom is 0.0894 e. The fourth-order valence-electron chi connectivity index (χ4n) is 0.797. The van der Waals surface area contributed by atoms with Crippen LogP contribution in [0.1, 0.15) is 27.2 Å². The predicted octanol–water partition coefficient (Wildman–Crippen LogP) is 0.365. The van der Waals surface area contributed by atoms with E-state index in [1.807, 2.05) is 0 Å². The first-order valence-electron chi connectivity index (χ1n) is 4.45. The van der Waals surface area contributed by atoms with Crippen LogP contribution in [0, 0.1) is 5.41 Å². The Morgan fingerprint density at radius 1 is 1.33 bits per heavy atom. The standard InChI is InChI=1S/C9H21NO2/c1-9(2,3)4-5-10-6-8(12)7-11/h8,10-12H,4-7H2,1-3H3. The van der Waals surface area contributed by atoms with Crippen molar-refractivity contribution in [2.75, 3.05) is 19.7 Å². The summed E-state index contributed by atoms with van der Waals surface area (Å²) in [5.41, 5.74) is 0.331. The third-order valence-corrected chi connectivity index (χ3v) is 1.64. The lowest BCUT2D eigenvalue weighted by molar-refractivity contribution is 0.0939. The molecule has 1 atom stereocenters. The summed E-state index contributed by atoms with van der Waals surface area (Å²) < 4.78 is 0. The second kappa shape index (κ2) is 5.51. The van der Waals surface area contributed by atoms with Gasteiger partial charge < -0.3 is 15.5 Å². The smallest absolute Gasteiger partial charge is 0.0894 e. The summed E-state index contributed by atoms with van der Waals surface area (Å²) in [5.74, 6) is 0. The molecule has 0 aromatic heterocycles. The summed E-state index contributed by atoms with van der Waals surface area (Å²) in [5, 5.41) is 20.6. The third kappa shape index (κ3) is 7.98. The molecule has 0 saturated heterocycles. The molecule has 0 rings (SSSR count). The molecule has 3 nitrogen and oxygen atoms in total. The highest BCUT2D eigenvalue weighted by Gasteiger charge is 2.09. The van der Waals surface area contributed by atoms with Gasteiger partial charge in [-0.05, 0) is 18.4 Å². The molecular weight excluding hydrogens is 154 g/mol. The fraction of sp³-hybridized carbons (Fsp3) is 1.00. The normalized spacial score (nSPS) is 14.8. The van der Waals surface area contributed by atoms with Gasteiger partial charge in [0.1, 0.15) is 0 Å². The maximum absolute atomic E-state index is 8.97. The Bertz CT molecular complexity index is 110. The maximum atomic E-state index is 8.97. The molecule has 0 aliphatic heterocycles.